The van der Waals surface area contributed by atoms with Gasteiger partial charge in [0, 0.05) is 18.7 Å². The first-order valence-corrected chi connectivity index (χ1v) is 7.40. The minimum atomic E-state index is -0.334. The lowest BCUT2D eigenvalue weighted by atomic mass is 10.2. The summed E-state index contributed by atoms with van der Waals surface area (Å²) >= 11 is 1.40. The van der Waals surface area contributed by atoms with E-state index in [9.17, 15) is 9.59 Å². The number of fused-ring (bicyclic) bond motifs is 1. The van der Waals surface area contributed by atoms with Crippen molar-refractivity contribution in [2.24, 2.45) is 4.99 Å². The Morgan fingerprint density at radius 3 is 2.90 bits per heavy atom. The van der Waals surface area contributed by atoms with E-state index in [2.05, 4.69) is 10.3 Å². The van der Waals surface area contributed by atoms with Crippen LogP contribution in [-0.2, 0) is 9.59 Å². The van der Waals surface area contributed by atoms with Crippen LogP contribution in [0.25, 0.3) is 0 Å². The molecule has 2 heterocycles. The standard InChI is InChI=1S/C14H15N3O2S/c1-9-2-4-10(5-3-9)16-12(18)8-11-13(19)17-7-6-15-14(17)20-11/h2-5,11H,6-8H2,1H3,(H,16,18)/t11-/m1/s1. The van der Waals surface area contributed by atoms with Crippen LogP contribution in [0.5, 0.6) is 0 Å². The van der Waals surface area contributed by atoms with Gasteiger partial charge in [-0.3, -0.25) is 19.5 Å². The molecule has 0 radical (unpaired) electrons. The van der Waals surface area contributed by atoms with Crippen LogP contribution in [0.4, 0.5) is 5.69 Å². The number of aryl methyl sites for hydroxylation is 1. The Morgan fingerprint density at radius 2 is 2.20 bits per heavy atom. The summed E-state index contributed by atoms with van der Waals surface area (Å²) in [6.45, 7) is 3.32. The van der Waals surface area contributed by atoms with E-state index in [1.54, 1.807) is 4.90 Å². The van der Waals surface area contributed by atoms with Crippen LogP contribution >= 0.6 is 11.8 Å². The van der Waals surface area contributed by atoms with E-state index >= 15 is 0 Å². The number of carbonyl (C=O) groups excluding carboxylic acids is 2. The molecule has 1 saturated heterocycles. The van der Waals surface area contributed by atoms with Gasteiger partial charge in [-0.2, -0.15) is 0 Å². The van der Waals surface area contributed by atoms with Crippen molar-refractivity contribution in [1.29, 1.82) is 0 Å². The van der Waals surface area contributed by atoms with Gasteiger partial charge in [0.05, 0.1) is 6.54 Å². The van der Waals surface area contributed by atoms with Gasteiger partial charge in [0.25, 0.3) is 0 Å². The highest BCUT2D eigenvalue weighted by molar-refractivity contribution is 8.15. The number of thioether (sulfide) groups is 1. The van der Waals surface area contributed by atoms with Crippen LogP contribution < -0.4 is 5.32 Å². The Morgan fingerprint density at radius 1 is 1.45 bits per heavy atom. The molecule has 5 nitrogen and oxygen atoms in total. The van der Waals surface area contributed by atoms with Crippen molar-refractivity contribution in [2.75, 3.05) is 18.4 Å². The van der Waals surface area contributed by atoms with E-state index in [0.717, 1.165) is 16.4 Å². The number of hydrogen-bond donors (Lipinski definition) is 1. The number of nitrogens with zero attached hydrogens (tertiary/aromatic N) is 2. The Bertz CT molecular complexity index is 583. The molecule has 0 aliphatic carbocycles. The van der Waals surface area contributed by atoms with Gasteiger partial charge in [-0.15, -0.1) is 0 Å². The molecular weight excluding hydrogens is 274 g/mol. The lowest BCUT2D eigenvalue weighted by Gasteiger charge is -2.10. The molecule has 20 heavy (non-hydrogen) atoms. The number of anilines is 1. The lowest BCUT2D eigenvalue weighted by molar-refractivity contribution is -0.127. The molecule has 2 amide bonds. The van der Waals surface area contributed by atoms with E-state index < -0.39 is 0 Å². The summed E-state index contributed by atoms with van der Waals surface area (Å²) in [5.74, 6) is -0.133. The molecule has 6 heteroatoms. The van der Waals surface area contributed by atoms with E-state index in [-0.39, 0.29) is 23.5 Å². The van der Waals surface area contributed by atoms with Gasteiger partial charge in [0.2, 0.25) is 11.8 Å². The van der Waals surface area contributed by atoms with Crippen LogP contribution in [0.15, 0.2) is 29.3 Å². The molecule has 0 spiro atoms. The monoisotopic (exact) mass is 289 g/mol. The highest BCUT2D eigenvalue weighted by Gasteiger charge is 2.40. The zero-order valence-corrected chi connectivity index (χ0v) is 11.9. The average molecular weight is 289 g/mol. The summed E-state index contributed by atoms with van der Waals surface area (Å²) in [5, 5.41) is 3.25. The van der Waals surface area contributed by atoms with Gasteiger partial charge in [0.15, 0.2) is 5.17 Å². The second-order valence-corrected chi connectivity index (χ2v) is 6.05. The fourth-order valence-corrected chi connectivity index (χ4v) is 3.42. The number of rotatable bonds is 3. The maximum Gasteiger partial charge on any atom is 0.242 e. The molecule has 3 rings (SSSR count). The molecular formula is C14H15N3O2S. The topological polar surface area (TPSA) is 61.8 Å². The van der Waals surface area contributed by atoms with Crippen LogP contribution in [0.2, 0.25) is 0 Å². The molecule has 104 valence electrons. The maximum atomic E-state index is 12.1. The first-order valence-electron chi connectivity index (χ1n) is 6.52. The first-order chi connectivity index (χ1) is 9.63. The molecule has 1 aromatic carbocycles. The van der Waals surface area contributed by atoms with Crippen LogP contribution in [0, 0.1) is 6.92 Å². The molecule has 0 saturated carbocycles. The van der Waals surface area contributed by atoms with Gasteiger partial charge in [0.1, 0.15) is 5.25 Å². The molecule has 1 aromatic rings. The summed E-state index contributed by atoms with van der Waals surface area (Å²) in [6, 6.07) is 7.60. The maximum absolute atomic E-state index is 12.1. The lowest BCUT2D eigenvalue weighted by Crippen LogP contribution is -2.32. The minimum absolute atomic E-state index is 0.00491. The molecule has 2 aliphatic rings. The molecule has 0 bridgehead atoms. The summed E-state index contributed by atoms with van der Waals surface area (Å²) in [6.07, 6.45) is 0.187. The summed E-state index contributed by atoms with van der Waals surface area (Å²) in [4.78, 5) is 30.0. The predicted molar refractivity (Wildman–Crippen MR) is 79.8 cm³/mol. The molecule has 1 atom stereocenters. The third-order valence-corrected chi connectivity index (χ3v) is 4.51. The van der Waals surface area contributed by atoms with E-state index in [1.807, 2.05) is 31.2 Å². The minimum Gasteiger partial charge on any atom is -0.326 e. The van der Waals surface area contributed by atoms with Crippen molar-refractivity contribution >= 4 is 34.4 Å². The largest absolute Gasteiger partial charge is 0.326 e. The highest BCUT2D eigenvalue weighted by atomic mass is 32.2. The third kappa shape index (κ3) is 2.56. The summed E-state index contributed by atoms with van der Waals surface area (Å²) < 4.78 is 0. The molecule has 1 fully saturated rings. The van der Waals surface area contributed by atoms with E-state index in [1.165, 1.54) is 11.8 Å². The number of hydrogen-bond acceptors (Lipinski definition) is 4. The van der Waals surface area contributed by atoms with Gasteiger partial charge >= 0.3 is 0 Å². The van der Waals surface area contributed by atoms with Crippen molar-refractivity contribution < 1.29 is 9.59 Å². The van der Waals surface area contributed by atoms with Gasteiger partial charge < -0.3 is 5.32 Å². The van der Waals surface area contributed by atoms with Gasteiger partial charge in [-0.05, 0) is 19.1 Å². The number of carbonyl (C=O) groups is 2. The molecule has 1 N–H and O–H groups in total. The second-order valence-electron chi connectivity index (χ2n) is 4.88. The van der Waals surface area contributed by atoms with Crippen molar-refractivity contribution in [1.82, 2.24) is 4.90 Å². The normalized spacial score (nSPS) is 20.9. The number of nitrogens with one attached hydrogen (secondary N) is 1. The molecule has 0 aromatic heterocycles. The number of amides is 2. The zero-order valence-electron chi connectivity index (χ0n) is 11.1. The van der Waals surface area contributed by atoms with E-state index in [4.69, 9.17) is 0 Å². The fourth-order valence-electron chi connectivity index (χ4n) is 2.23. The molecule has 0 unspecified atom stereocenters. The molecule has 2 aliphatic heterocycles. The van der Waals surface area contributed by atoms with Crippen LogP contribution in [0.3, 0.4) is 0 Å². The second kappa shape index (κ2) is 5.28. The predicted octanol–water partition coefficient (Wildman–Crippen LogP) is 1.64. The SMILES string of the molecule is Cc1ccc(NC(=O)C[C@H]2SC3=NCCN3C2=O)cc1. The average Bonchev–Trinajstić information content (AvgIpc) is 2.97. The Kier molecular flexibility index (Phi) is 3.48. The Hall–Kier alpha value is -1.82. The number of aliphatic imine (C=N–C) groups is 1. The number of amidine groups is 1. The van der Waals surface area contributed by atoms with Crippen molar-refractivity contribution in [3.05, 3.63) is 29.8 Å². The fraction of sp³-hybridized carbons (Fsp3) is 0.357. The first kappa shape index (κ1) is 13.2. The van der Waals surface area contributed by atoms with E-state index in [0.29, 0.717) is 13.1 Å². The third-order valence-electron chi connectivity index (χ3n) is 3.30. The highest BCUT2D eigenvalue weighted by Crippen LogP contribution is 2.31. The van der Waals surface area contributed by atoms with Crippen molar-refractivity contribution in [3.63, 3.8) is 0 Å². The summed E-state index contributed by atoms with van der Waals surface area (Å²) in [5.41, 5.74) is 1.90. The van der Waals surface area contributed by atoms with Crippen molar-refractivity contribution in [3.8, 4) is 0 Å². The Labute approximate surface area is 121 Å². The van der Waals surface area contributed by atoms with Crippen molar-refractivity contribution in [2.45, 2.75) is 18.6 Å². The van der Waals surface area contributed by atoms with Crippen LogP contribution in [-0.4, -0.2) is 40.2 Å². The number of benzene rings is 1. The van der Waals surface area contributed by atoms with Crippen LogP contribution in [0.1, 0.15) is 12.0 Å². The Balaban J connectivity index is 1.59. The smallest absolute Gasteiger partial charge is 0.242 e. The zero-order chi connectivity index (χ0) is 14.1. The summed E-state index contributed by atoms with van der Waals surface area (Å²) in [7, 11) is 0. The van der Waals surface area contributed by atoms with Gasteiger partial charge in [-0.1, -0.05) is 29.5 Å². The van der Waals surface area contributed by atoms with Gasteiger partial charge in [-0.25, -0.2) is 0 Å². The quantitative estimate of drug-likeness (QED) is 0.920.